The van der Waals surface area contributed by atoms with Crippen LogP contribution in [0.1, 0.15) is 66.0 Å². The van der Waals surface area contributed by atoms with Crippen molar-refractivity contribution in [3.63, 3.8) is 0 Å². The van der Waals surface area contributed by atoms with Crippen LogP contribution < -0.4 is 0 Å². The molecule has 0 radical (unpaired) electrons. The van der Waals surface area contributed by atoms with E-state index in [1.807, 2.05) is 17.8 Å². The third-order valence-electron chi connectivity index (χ3n) is 6.93. The number of fused-ring (bicyclic) bond motifs is 2. The van der Waals surface area contributed by atoms with Gasteiger partial charge in [0.05, 0.1) is 19.4 Å². The molecule has 2 aliphatic heterocycles. The van der Waals surface area contributed by atoms with Crippen LogP contribution in [0.25, 0.3) is 0 Å². The van der Waals surface area contributed by atoms with Crippen molar-refractivity contribution in [1.29, 1.82) is 0 Å². The van der Waals surface area contributed by atoms with Crippen molar-refractivity contribution in [1.82, 2.24) is 14.7 Å². The molecule has 0 aliphatic carbocycles. The van der Waals surface area contributed by atoms with Crippen molar-refractivity contribution >= 4 is 11.3 Å². The predicted molar refractivity (Wildman–Crippen MR) is 124 cm³/mol. The largest absolute Gasteiger partial charge is 0.425 e. The van der Waals surface area contributed by atoms with Crippen LogP contribution in [0.5, 0.6) is 0 Å². The van der Waals surface area contributed by atoms with E-state index in [9.17, 15) is 18.3 Å². The minimum absolute atomic E-state index is 0.0407. The van der Waals surface area contributed by atoms with Gasteiger partial charge in [0.2, 0.25) is 0 Å². The number of thiophene rings is 1. The molecule has 2 aromatic rings. The Morgan fingerprint density at radius 2 is 2.18 bits per heavy atom. The first-order chi connectivity index (χ1) is 16.3. The lowest BCUT2D eigenvalue weighted by Gasteiger charge is -2.47. The van der Waals surface area contributed by atoms with Crippen LogP contribution in [-0.4, -0.2) is 52.2 Å². The number of hydrogen-bond acceptors (Lipinski definition) is 6. The van der Waals surface area contributed by atoms with E-state index in [1.165, 1.54) is 0 Å². The highest BCUT2D eigenvalue weighted by molar-refractivity contribution is 7.12. The highest BCUT2D eigenvalue weighted by Gasteiger charge is 2.48. The lowest BCUT2D eigenvalue weighted by atomic mass is 9.81. The fraction of sp³-hybridized carbons (Fsp3) is 0.708. The quantitative estimate of drug-likeness (QED) is 0.504. The van der Waals surface area contributed by atoms with E-state index in [1.54, 1.807) is 0 Å². The third-order valence-corrected chi connectivity index (χ3v) is 8.43. The molecule has 0 bridgehead atoms. The molecule has 4 rings (SSSR count). The molecular formula is C24H34F3N3O3S. The zero-order valence-electron chi connectivity index (χ0n) is 19.9. The van der Waals surface area contributed by atoms with E-state index >= 15 is 0 Å². The monoisotopic (exact) mass is 501 g/mol. The fourth-order valence-electron chi connectivity index (χ4n) is 5.23. The molecule has 6 nitrogen and oxygen atoms in total. The number of halogens is 3. The average molecular weight is 502 g/mol. The Hall–Kier alpha value is -1.46. The molecule has 2 aromatic heterocycles. The number of alkyl halides is 3. The Labute approximate surface area is 202 Å². The van der Waals surface area contributed by atoms with Gasteiger partial charge >= 0.3 is 6.18 Å². The van der Waals surface area contributed by atoms with Gasteiger partial charge in [-0.05, 0) is 51.5 Å². The number of ether oxygens (including phenoxy) is 2. The molecule has 2 atom stereocenters. The number of hydrogen-bond donors (Lipinski definition) is 1. The summed E-state index contributed by atoms with van der Waals surface area (Å²) in [6, 6.07) is 0.142. The summed E-state index contributed by atoms with van der Waals surface area (Å²) in [4.78, 5) is 2.35. The number of aliphatic hydroxyl groups is 1. The van der Waals surface area contributed by atoms with Crippen LogP contribution in [0.15, 0.2) is 12.4 Å². The first kappa shape index (κ1) is 25.6. The fourth-order valence-corrected chi connectivity index (χ4v) is 6.64. The molecule has 1 N–H and O–H groups in total. The number of aryl methyl sites for hydroxylation is 1. The smallest absolute Gasteiger partial charge is 0.392 e. The lowest BCUT2D eigenvalue weighted by molar-refractivity contribution is -0.135. The molecule has 1 saturated heterocycles. The van der Waals surface area contributed by atoms with Gasteiger partial charge in [-0.15, -0.1) is 11.3 Å². The van der Waals surface area contributed by atoms with Gasteiger partial charge in [0, 0.05) is 61.1 Å². The number of unbranched alkanes of at least 4 members (excludes halogenated alkanes) is 1. The number of aromatic nitrogens is 2. The van der Waals surface area contributed by atoms with E-state index in [0.717, 1.165) is 62.6 Å². The van der Waals surface area contributed by atoms with Crippen LogP contribution in [0.3, 0.4) is 0 Å². The minimum Gasteiger partial charge on any atom is -0.392 e. The Balaban J connectivity index is 1.41. The van der Waals surface area contributed by atoms with Crippen molar-refractivity contribution in [2.75, 3.05) is 26.4 Å². The number of nitrogens with zero attached hydrogens (tertiary/aromatic N) is 3. The van der Waals surface area contributed by atoms with Crippen molar-refractivity contribution < 1.29 is 27.8 Å². The van der Waals surface area contributed by atoms with E-state index < -0.39 is 23.3 Å². The van der Waals surface area contributed by atoms with E-state index in [0.29, 0.717) is 36.3 Å². The van der Waals surface area contributed by atoms with Crippen molar-refractivity contribution in [3.05, 3.63) is 38.8 Å². The topological polar surface area (TPSA) is 59.8 Å². The molecule has 1 spiro atoms. The van der Waals surface area contributed by atoms with E-state index in [4.69, 9.17) is 9.47 Å². The maximum Gasteiger partial charge on any atom is 0.425 e. The first-order valence-corrected chi connectivity index (χ1v) is 12.9. The van der Waals surface area contributed by atoms with E-state index in [2.05, 4.69) is 23.1 Å². The Morgan fingerprint density at radius 3 is 2.88 bits per heavy atom. The second kappa shape index (κ2) is 10.7. The Bertz CT molecular complexity index is 961. The van der Waals surface area contributed by atoms with Crippen LogP contribution in [0, 0.1) is 0 Å². The van der Waals surface area contributed by atoms with Gasteiger partial charge in [-0.1, -0.05) is 0 Å². The maximum atomic E-state index is 13.6. The highest BCUT2D eigenvalue weighted by atomic mass is 32.1. The van der Waals surface area contributed by atoms with Crippen molar-refractivity contribution in [2.45, 2.75) is 83.5 Å². The molecule has 190 valence electrons. The van der Waals surface area contributed by atoms with Crippen LogP contribution in [0.4, 0.5) is 13.2 Å². The summed E-state index contributed by atoms with van der Waals surface area (Å²) in [5.41, 5.74) is 1.12. The zero-order valence-corrected chi connectivity index (χ0v) is 20.7. The van der Waals surface area contributed by atoms with Crippen LogP contribution in [0.2, 0.25) is 0 Å². The summed E-state index contributed by atoms with van der Waals surface area (Å²) in [6.07, 6.45) is 3.23. The van der Waals surface area contributed by atoms with Gasteiger partial charge in [0.25, 0.3) is 0 Å². The summed E-state index contributed by atoms with van der Waals surface area (Å²) in [6.45, 7) is 7.76. The van der Waals surface area contributed by atoms with Gasteiger partial charge in [0.15, 0.2) is 0 Å². The summed E-state index contributed by atoms with van der Waals surface area (Å²) in [5.74, 6) is 0. The zero-order chi connectivity index (χ0) is 24.3. The van der Waals surface area contributed by atoms with Crippen LogP contribution in [-0.2, 0) is 47.4 Å². The highest BCUT2D eigenvalue weighted by Crippen LogP contribution is 2.51. The maximum absolute atomic E-state index is 13.6. The third kappa shape index (κ3) is 5.36. The molecule has 2 aliphatic rings. The SMILES string of the molecule is CCOCCCCn1cc(CN2CC[C@]3(C[C@@H]2C)OCCc2c3sc(C(F)(F)F)c2CO)cn1. The van der Waals surface area contributed by atoms with Gasteiger partial charge < -0.3 is 14.6 Å². The van der Waals surface area contributed by atoms with Gasteiger partial charge in [-0.2, -0.15) is 18.3 Å². The normalized spacial score (nSPS) is 23.5. The molecule has 0 amide bonds. The minimum atomic E-state index is -4.46. The molecule has 0 saturated carbocycles. The molecular weight excluding hydrogens is 467 g/mol. The Morgan fingerprint density at radius 1 is 1.35 bits per heavy atom. The van der Waals surface area contributed by atoms with E-state index in [-0.39, 0.29) is 11.6 Å². The van der Waals surface area contributed by atoms with Gasteiger partial charge in [-0.3, -0.25) is 9.58 Å². The molecule has 0 aromatic carbocycles. The van der Waals surface area contributed by atoms with Gasteiger partial charge in [0.1, 0.15) is 10.5 Å². The lowest BCUT2D eigenvalue weighted by Crippen LogP contribution is -2.50. The summed E-state index contributed by atoms with van der Waals surface area (Å²) in [5, 5.41) is 14.2. The Kier molecular flexibility index (Phi) is 8.03. The first-order valence-electron chi connectivity index (χ1n) is 12.1. The summed E-state index contributed by atoms with van der Waals surface area (Å²) in [7, 11) is 0. The van der Waals surface area contributed by atoms with Crippen molar-refractivity contribution in [3.8, 4) is 0 Å². The molecule has 4 heterocycles. The molecule has 10 heteroatoms. The molecule has 1 fully saturated rings. The van der Waals surface area contributed by atoms with Gasteiger partial charge in [-0.25, -0.2) is 0 Å². The molecule has 34 heavy (non-hydrogen) atoms. The second-order valence-electron chi connectivity index (χ2n) is 9.26. The number of likely N-dealkylation sites (tertiary alicyclic amines) is 1. The summed E-state index contributed by atoms with van der Waals surface area (Å²) < 4.78 is 54.4. The average Bonchev–Trinajstić information content (AvgIpc) is 3.40. The number of aliphatic hydroxyl groups excluding tert-OH is 1. The predicted octanol–water partition coefficient (Wildman–Crippen LogP) is 4.72. The van der Waals surface area contributed by atoms with Crippen molar-refractivity contribution in [2.24, 2.45) is 0 Å². The molecule has 0 unspecified atom stereocenters. The summed E-state index contributed by atoms with van der Waals surface area (Å²) >= 11 is 0.771. The standard InChI is InChI=1S/C24H34F3N3O3S/c1-3-32-10-5-4-8-30-15-18(13-28-30)14-29-9-7-23(12-17(29)2)21-19(6-11-33-23)20(16-31)22(34-21)24(25,26)27/h13,15,17,31H,3-12,14,16H2,1-2H3/t17-,23+/m0/s1. The number of rotatable bonds is 9. The number of piperidine rings is 1. The van der Waals surface area contributed by atoms with Crippen LogP contribution >= 0.6 is 11.3 Å². The second-order valence-corrected chi connectivity index (χ2v) is 10.3.